The normalized spacial score (nSPS) is 18.4. The van der Waals surface area contributed by atoms with Crippen LogP contribution in [0.3, 0.4) is 0 Å². The van der Waals surface area contributed by atoms with E-state index in [2.05, 4.69) is 10.9 Å². The zero-order valence-corrected chi connectivity index (χ0v) is 21.9. The van der Waals surface area contributed by atoms with Gasteiger partial charge in [-0.15, -0.1) is 0 Å². The first kappa shape index (κ1) is 27.2. The Morgan fingerprint density at radius 3 is 2.53 bits per heavy atom. The van der Waals surface area contributed by atoms with Crippen molar-refractivity contribution in [2.24, 2.45) is 4.99 Å². The number of amides is 1. The molecule has 1 amide bonds. The number of carbonyl (C=O) groups is 1. The predicted octanol–water partition coefficient (Wildman–Crippen LogP) is 3.47. The summed E-state index contributed by atoms with van der Waals surface area (Å²) in [6.07, 6.45) is 1.19. The highest BCUT2D eigenvalue weighted by atomic mass is 16.5. The molecule has 0 bridgehead atoms. The van der Waals surface area contributed by atoms with E-state index in [1.54, 1.807) is 7.11 Å². The average molecular weight is 518 g/mol. The molecule has 3 aromatic carbocycles. The van der Waals surface area contributed by atoms with Crippen molar-refractivity contribution in [3.63, 3.8) is 0 Å². The maximum absolute atomic E-state index is 13.7. The third-order valence-corrected chi connectivity index (χ3v) is 6.52. The molecule has 2 atom stereocenters. The molecule has 0 aromatic heterocycles. The van der Waals surface area contributed by atoms with Crippen LogP contribution in [0.1, 0.15) is 30.0 Å². The lowest BCUT2D eigenvalue weighted by Gasteiger charge is -2.28. The van der Waals surface area contributed by atoms with Crippen molar-refractivity contribution in [1.82, 2.24) is 10.9 Å². The Morgan fingerprint density at radius 2 is 1.79 bits per heavy atom. The van der Waals surface area contributed by atoms with Crippen molar-refractivity contribution < 1.29 is 24.1 Å². The van der Waals surface area contributed by atoms with E-state index < -0.39 is 11.6 Å². The van der Waals surface area contributed by atoms with Gasteiger partial charge >= 0.3 is 0 Å². The second kappa shape index (κ2) is 13.1. The van der Waals surface area contributed by atoms with Gasteiger partial charge in [-0.1, -0.05) is 42.5 Å². The summed E-state index contributed by atoms with van der Waals surface area (Å²) in [5, 5.41) is 8.94. The second-order valence-corrected chi connectivity index (χ2v) is 9.20. The third kappa shape index (κ3) is 6.70. The molecule has 1 aliphatic heterocycles. The van der Waals surface area contributed by atoms with Gasteiger partial charge in [-0.3, -0.25) is 10.2 Å². The smallest absolute Gasteiger partial charge is 0.266 e. The monoisotopic (exact) mass is 517 g/mol. The molecule has 0 aliphatic carbocycles. The molecule has 8 nitrogen and oxygen atoms in total. The van der Waals surface area contributed by atoms with Gasteiger partial charge in [0.1, 0.15) is 17.6 Å². The van der Waals surface area contributed by atoms with Gasteiger partial charge in [0.25, 0.3) is 5.91 Å². The lowest BCUT2D eigenvalue weighted by atomic mass is 9.86. The minimum atomic E-state index is -1.14. The van der Waals surface area contributed by atoms with Gasteiger partial charge < -0.3 is 19.3 Å². The molecule has 0 unspecified atom stereocenters. The average Bonchev–Trinajstić information content (AvgIpc) is 3.28. The van der Waals surface area contributed by atoms with Crippen LogP contribution in [-0.2, 0) is 22.4 Å². The Bertz CT molecular complexity index is 1220. The molecule has 0 fully saturated rings. The zero-order valence-electron chi connectivity index (χ0n) is 21.9. The second-order valence-electron chi connectivity index (χ2n) is 9.20. The molecule has 0 saturated carbocycles. The first-order chi connectivity index (χ1) is 18.5. The summed E-state index contributed by atoms with van der Waals surface area (Å²) in [6, 6.07) is 25.1. The van der Waals surface area contributed by atoms with Gasteiger partial charge in [-0.25, -0.2) is 10.4 Å². The number of methoxy groups -OCH3 is 1. The van der Waals surface area contributed by atoms with E-state index in [1.165, 1.54) is 0 Å². The standard InChI is InChI=1S/C30H35N3O5/c1-22-30(21-24-8-4-3-5-9-24,29(35)33-31-17-16-23-10-6-11-27(20-23)36-2)32-28(38-22)25-12-14-26(15-13-25)37-19-7-18-34/h3-6,8-15,20,22,31,34H,7,16-19,21H2,1-2H3,(H,33,35)/t22-,30-/m0/s1. The minimum absolute atomic E-state index is 0.0854. The number of ether oxygens (including phenoxy) is 3. The quantitative estimate of drug-likeness (QED) is 0.237. The Morgan fingerprint density at radius 1 is 1.03 bits per heavy atom. The molecule has 0 saturated heterocycles. The zero-order chi connectivity index (χ0) is 26.8. The minimum Gasteiger partial charge on any atom is -0.497 e. The number of nitrogens with one attached hydrogen (secondary N) is 2. The summed E-state index contributed by atoms with van der Waals surface area (Å²) < 4.78 is 17.1. The van der Waals surface area contributed by atoms with Gasteiger partial charge in [0.15, 0.2) is 5.54 Å². The van der Waals surface area contributed by atoms with Crippen LogP contribution in [0.4, 0.5) is 0 Å². The molecule has 0 spiro atoms. The van der Waals surface area contributed by atoms with Crippen LogP contribution in [-0.4, -0.2) is 55.4 Å². The highest BCUT2D eigenvalue weighted by Gasteiger charge is 2.50. The number of aliphatic imine (C=N–C) groups is 1. The topological polar surface area (TPSA) is 101 Å². The number of hydrogen-bond acceptors (Lipinski definition) is 7. The first-order valence-corrected chi connectivity index (χ1v) is 12.8. The summed E-state index contributed by atoms with van der Waals surface area (Å²) in [4.78, 5) is 18.5. The Kier molecular flexibility index (Phi) is 9.35. The molecule has 38 heavy (non-hydrogen) atoms. The van der Waals surface area contributed by atoms with Gasteiger partial charge in [0.2, 0.25) is 5.90 Å². The van der Waals surface area contributed by atoms with Crippen LogP contribution in [0, 0.1) is 0 Å². The van der Waals surface area contributed by atoms with E-state index in [9.17, 15) is 4.79 Å². The summed E-state index contributed by atoms with van der Waals surface area (Å²) >= 11 is 0. The maximum atomic E-state index is 13.7. The van der Waals surface area contributed by atoms with Crippen LogP contribution in [0.5, 0.6) is 11.5 Å². The summed E-state index contributed by atoms with van der Waals surface area (Å²) in [7, 11) is 1.64. The molecule has 1 aliphatic rings. The predicted molar refractivity (Wildman–Crippen MR) is 146 cm³/mol. The third-order valence-electron chi connectivity index (χ3n) is 6.52. The van der Waals surface area contributed by atoms with Crippen LogP contribution in [0.25, 0.3) is 0 Å². The SMILES string of the molecule is COc1cccc(CCNNC(=O)[C@@]2(Cc3ccccc3)N=C(c3ccc(OCCCO)cc3)O[C@H]2C)c1. The summed E-state index contributed by atoms with van der Waals surface area (Å²) in [5.41, 5.74) is 7.66. The lowest BCUT2D eigenvalue weighted by molar-refractivity contribution is -0.129. The fourth-order valence-corrected chi connectivity index (χ4v) is 4.34. The van der Waals surface area contributed by atoms with Crippen molar-refractivity contribution in [2.75, 3.05) is 26.9 Å². The summed E-state index contributed by atoms with van der Waals surface area (Å²) in [5.74, 6) is 1.67. The van der Waals surface area contributed by atoms with E-state index in [-0.39, 0.29) is 12.5 Å². The number of nitrogens with zero attached hydrogens (tertiary/aromatic N) is 1. The molecule has 3 N–H and O–H groups in total. The molecular formula is C30H35N3O5. The van der Waals surface area contributed by atoms with Gasteiger partial charge in [-0.05, 0) is 60.9 Å². The molecule has 4 rings (SSSR count). The van der Waals surface area contributed by atoms with E-state index in [4.69, 9.17) is 24.3 Å². The number of carbonyl (C=O) groups excluding carboxylic acids is 1. The van der Waals surface area contributed by atoms with Crippen molar-refractivity contribution in [2.45, 2.75) is 37.8 Å². The Labute approximate surface area is 223 Å². The van der Waals surface area contributed by atoms with Crippen LogP contribution >= 0.6 is 0 Å². The highest BCUT2D eigenvalue weighted by molar-refractivity contribution is 6.00. The number of benzene rings is 3. The van der Waals surface area contributed by atoms with Gasteiger partial charge in [0, 0.05) is 31.6 Å². The van der Waals surface area contributed by atoms with Gasteiger partial charge in [-0.2, -0.15) is 0 Å². The highest BCUT2D eigenvalue weighted by Crippen LogP contribution is 2.32. The van der Waals surface area contributed by atoms with Crippen LogP contribution in [0.15, 0.2) is 83.9 Å². The molecular weight excluding hydrogens is 482 g/mol. The van der Waals surface area contributed by atoms with Gasteiger partial charge in [0.05, 0.1) is 13.7 Å². The first-order valence-electron chi connectivity index (χ1n) is 12.8. The van der Waals surface area contributed by atoms with Crippen LogP contribution in [0.2, 0.25) is 0 Å². The van der Waals surface area contributed by atoms with Crippen molar-refractivity contribution in [3.05, 3.63) is 95.6 Å². The van der Waals surface area contributed by atoms with E-state index in [0.29, 0.717) is 37.6 Å². The molecule has 0 radical (unpaired) electrons. The fraction of sp³-hybridized carbons (Fsp3) is 0.333. The van der Waals surface area contributed by atoms with Crippen molar-refractivity contribution >= 4 is 11.8 Å². The number of rotatable bonds is 13. The van der Waals surface area contributed by atoms with Crippen LogP contribution < -0.4 is 20.3 Å². The number of aliphatic hydroxyl groups excluding tert-OH is 1. The Hall–Kier alpha value is -3.88. The molecule has 200 valence electrons. The number of aliphatic hydroxyl groups is 1. The lowest BCUT2D eigenvalue weighted by Crippen LogP contribution is -2.56. The maximum Gasteiger partial charge on any atom is 0.266 e. The van der Waals surface area contributed by atoms with Crippen molar-refractivity contribution in [3.8, 4) is 11.5 Å². The van der Waals surface area contributed by atoms with E-state index in [1.807, 2.05) is 85.8 Å². The fourth-order valence-electron chi connectivity index (χ4n) is 4.34. The van der Waals surface area contributed by atoms with Crippen molar-refractivity contribution in [1.29, 1.82) is 0 Å². The van der Waals surface area contributed by atoms with E-state index in [0.717, 1.165) is 28.9 Å². The largest absolute Gasteiger partial charge is 0.497 e. The number of hydrogen-bond donors (Lipinski definition) is 3. The molecule has 8 heteroatoms. The molecule has 1 heterocycles. The van der Waals surface area contributed by atoms with E-state index >= 15 is 0 Å². The summed E-state index contributed by atoms with van der Waals surface area (Å²) in [6.45, 7) is 2.95. The Balaban J connectivity index is 1.48. The number of hydrazine groups is 1. The molecule has 3 aromatic rings.